The van der Waals surface area contributed by atoms with Crippen molar-refractivity contribution in [2.24, 2.45) is 0 Å². The van der Waals surface area contributed by atoms with Crippen LogP contribution in [0.1, 0.15) is 40.7 Å². The first-order chi connectivity index (χ1) is 13.5. The number of amides is 3. The summed E-state index contributed by atoms with van der Waals surface area (Å²) < 4.78 is 13.7. The molecule has 1 aliphatic heterocycles. The highest BCUT2D eigenvalue weighted by Gasteiger charge is 2.24. The number of hydrogen-bond acceptors (Lipinski definition) is 3. The molecule has 3 rings (SSSR count). The summed E-state index contributed by atoms with van der Waals surface area (Å²) in [5.74, 6) is -0.907. The number of urea groups is 1. The van der Waals surface area contributed by atoms with E-state index in [1.807, 2.05) is 4.90 Å². The van der Waals surface area contributed by atoms with Crippen LogP contribution >= 0.6 is 0 Å². The zero-order valence-electron chi connectivity index (χ0n) is 15.8. The van der Waals surface area contributed by atoms with Crippen molar-refractivity contribution >= 4 is 17.6 Å². The maximum Gasteiger partial charge on any atom is 0.324 e. The lowest BCUT2D eigenvalue weighted by atomic mass is 10.1. The van der Waals surface area contributed by atoms with Crippen molar-refractivity contribution in [2.45, 2.75) is 32.7 Å². The number of piperidine rings is 1. The van der Waals surface area contributed by atoms with Crippen LogP contribution in [0.3, 0.4) is 0 Å². The van der Waals surface area contributed by atoms with E-state index in [1.165, 1.54) is 6.07 Å². The van der Waals surface area contributed by atoms with E-state index in [0.29, 0.717) is 36.4 Å². The molecule has 7 heteroatoms. The molecule has 0 aromatic heterocycles. The van der Waals surface area contributed by atoms with Crippen LogP contribution < -0.4 is 10.4 Å². The minimum absolute atomic E-state index is 0.108. The predicted molar refractivity (Wildman–Crippen MR) is 104 cm³/mol. The first-order valence-corrected chi connectivity index (χ1v) is 9.35. The Kier molecular flexibility index (Phi) is 6.26. The molecular weight excluding hydrogens is 361 g/mol. The van der Waals surface area contributed by atoms with Crippen molar-refractivity contribution in [3.63, 3.8) is 0 Å². The van der Waals surface area contributed by atoms with Gasteiger partial charge >= 0.3 is 6.03 Å². The Morgan fingerprint density at radius 2 is 1.79 bits per heavy atom. The Morgan fingerprint density at radius 1 is 1.11 bits per heavy atom. The number of benzene rings is 2. The highest BCUT2D eigenvalue weighted by Crippen LogP contribution is 2.24. The number of rotatable bonds is 4. The van der Waals surface area contributed by atoms with Gasteiger partial charge in [0.2, 0.25) is 0 Å². The molecule has 0 aliphatic carbocycles. The minimum Gasteiger partial charge on any atom is -0.324 e. The fourth-order valence-corrected chi connectivity index (χ4v) is 3.33. The van der Waals surface area contributed by atoms with E-state index in [1.54, 1.807) is 53.7 Å². The van der Waals surface area contributed by atoms with Crippen LogP contribution in [0.25, 0.3) is 0 Å². The Balaban J connectivity index is 1.87. The molecule has 0 radical (unpaired) electrons. The average Bonchev–Trinajstić information content (AvgIpc) is 2.74. The fourth-order valence-electron chi connectivity index (χ4n) is 3.33. The highest BCUT2D eigenvalue weighted by atomic mass is 19.1. The number of likely N-dealkylation sites (tertiary alicyclic amines) is 1. The molecule has 1 heterocycles. The summed E-state index contributed by atoms with van der Waals surface area (Å²) in [5, 5.41) is 8.73. The number of hydroxylamine groups is 1. The van der Waals surface area contributed by atoms with Gasteiger partial charge in [-0.15, -0.1) is 0 Å². The quantitative estimate of drug-likeness (QED) is 0.620. The number of carbonyl (C=O) groups excluding carboxylic acids is 2. The maximum atomic E-state index is 13.7. The molecule has 0 bridgehead atoms. The summed E-state index contributed by atoms with van der Waals surface area (Å²) in [4.78, 5) is 28.1. The van der Waals surface area contributed by atoms with Crippen molar-refractivity contribution < 1.29 is 19.2 Å². The van der Waals surface area contributed by atoms with Crippen LogP contribution in [0.4, 0.5) is 14.9 Å². The monoisotopic (exact) mass is 385 g/mol. The summed E-state index contributed by atoms with van der Waals surface area (Å²) in [5.41, 5.74) is 3.84. The maximum absolute atomic E-state index is 13.7. The molecule has 28 heavy (non-hydrogen) atoms. The standard InChI is InChI=1S/C21H24FN3O3/c1-15-13-18(9-10-19(15)22)25(21(27)24-11-3-2-4-12-24)14-16-5-7-17(8-6-16)20(26)23-28/h5-10,13,28H,2-4,11-12,14H2,1H3,(H,23,26). The van der Waals surface area contributed by atoms with Crippen molar-refractivity contribution in [1.29, 1.82) is 0 Å². The van der Waals surface area contributed by atoms with Gasteiger partial charge in [-0.25, -0.2) is 14.7 Å². The molecule has 2 N–H and O–H groups in total. The molecule has 0 saturated carbocycles. The molecule has 1 fully saturated rings. The van der Waals surface area contributed by atoms with E-state index in [2.05, 4.69) is 0 Å². The number of nitrogens with one attached hydrogen (secondary N) is 1. The third kappa shape index (κ3) is 4.48. The molecule has 2 aromatic carbocycles. The molecule has 1 aliphatic rings. The molecule has 0 unspecified atom stereocenters. The van der Waals surface area contributed by atoms with Crippen LogP contribution in [0, 0.1) is 12.7 Å². The second-order valence-electron chi connectivity index (χ2n) is 6.99. The van der Waals surface area contributed by atoms with Crippen LogP contribution in [0.2, 0.25) is 0 Å². The molecule has 2 aromatic rings. The summed E-state index contributed by atoms with van der Waals surface area (Å²) in [6, 6.07) is 11.2. The van der Waals surface area contributed by atoms with Gasteiger partial charge in [0, 0.05) is 24.3 Å². The Labute approximate surface area is 163 Å². The van der Waals surface area contributed by atoms with Crippen molar-refractivity contribution in [3.8, 4) is 0 Å². The highest BCUT2D eigenvalue weighted by molar-refractivity contribution is 5.94. The van der Waals surface area contributed by atoms with E-state index in [4.69, 9.17) is 5.21 Å². The third-order valence-electron chi connectivity index (χ3n) is 4.97. The number of carbonyl (C=O) groups is 2. The lowest BCUT2D eigenvalue weighted by molar-refractivity contribution is 0.0706. The van der Waals surface area contributed by atoms with Gasteiger partial charge in [0.05, 0.1) is 6.54 Å². The topological polar surface area (TPSA) is 72.9 Å². The SMILES string of the molecule is Cc1cc(N(Cc2ccc(C(=O)NO)cc2)C(=O)N2CCCCC2)ccc1F. The van der Waals surface area contributed by atoms with E-state index < -0.39 is 5.91 Å². The van der Waals surface area contributed by atoms with E-state index in [0.717, 1.165) is 24.8 Å². The summed E-state index contributed by atoms with van der Waals surface area (Å²) >= 11 is 0. The van der Waals surface area contributed by atoms with Gasteiger partial charge in [-0.1, -0.05) is 12.1 Å². The van der Waals surface area contributed by atoms with Gasteiger partial charge in [0.1, 0.15) is 5.82 Å². The van der Waals surface area contributed by atoms with E-state index in [-0.39, 0.29) is 11.8 Å². The smallest absolute Gasteiger partial charge is 0.324 e. The second kappa shape index (κ2) is 8.84. The number of hydrogen-bond donors (Lipinski definition) is 2. The zero-order chi connectivity index (χ0) is 20.1. The first-order valence-electron chi connectivity index (χ1n) is 9.35. The first kappa shape index (κ1) is 19.8. The van der Waals surface area contributed by atoms with Crippen molar-refractivity contribution in [1.82, 2.24) is 10.4 Å². The molecule has 1 saturated heterocycles. The molecule has 0 spiro atoms. The van der Waals surface area contributed by atoms with Crippen LogP contribution in [0.5, 0.6) is 0 Å². The number of nitrogens with zero attached hydrogens (tertiary/aromatic N) is 2. The number of halogens is 1. The normalized spacial score (nSPS) is 13.9. The van der Waals surface area contributed by atoms with Crippen molar-refractivity contribution in [2.75, 3.05) is 18.0 Å². The van der Waals surface area contributed by atoms with E-state index in [9.17, 15) is 14.0 Å². The average molecular weight is 385 g/mol. The summed E-state index contributed by atoms with van der Waals surface area (Å²) in [7, 11) is 0. The molecular formula is C21H24FN3O3. The van der Waals surface area contributed by atoms with Crippen LogP contribution in [0.15, 0.2) is 42.5 Å². The Morgan fingerprint density at radius 3 is 2.39 bits per heavy atom. The molecule has 6 nitrogen and oxygen atoms in total. The summed E-state index contributed by atoms with van der Waals surface area (Å²) in [6.07, 6.45) is 3.08. The Hall–Kier alpha value is -2.93. The Bertz CT molecular complexity index is 848. The largest absolute Gasteiger partial charge is 0.324 e. The molecule has 3 amide bonds. The van der Waals surface area contributed by atoms with Gasteiger partial charge in [0.15, 0.2) is 0 Å². The zero-order valence-corrected chi connectivity index (χ0v) is 15.8. The second-order valence-corrected chi connectivity index (χ2v) is 6.99. The number of aryl methyl sites for hydroxylation is 1. The van der Waals surface area contributed by atoms with Gasteiger partial charge < -0.3 is 4.90 Å². The van der Waals surface area contributed by atoms with Gasteiger partial charge in [0.25, 0.3) is 5.91 Å². The molecule has 148 valence electrons. The fraction of sp³-hybridized carbons (Fsp3) is 0.333. The van der Waals surface area contributed by atoms with Crippen LogP contribution in [-0.2, 0) is 6.54 Å². The lowest BCUT2D eigenvalue weighted by Crippen LogP contribution is -2.45. The van der Waals surface area contributed by atoms with Gasteiger partial charge in [-0.05, 0) is 67.6 Å². The number of anilines is 1. The van der Waals surface area contributed by atoms with Gasteiger partial charge in [-0.2, -0.15) is 0 Å². The summed E-state index contributed by atoms with van der Waals surface area (Å²) in [6.45, 7) is 3.39. The third-order valence-corrected chi connectivity index (χ3v) is 4.97. The predicted octanol–water partition coefficient (Wildman–Crippen LogP) is 3.87. The lowest BCUT2D eigenvalue weighted by Gasteiger charge is -2.33. The van der Waals surface area contributed by atoms with Crippen molar-refractivity contribution in [3.05, 3.63) is 65.0 Å². The molecule has 0 atom stereocenters. The van der Waals surface area contributed by atoms with Crippen LogP contribution in [-0.4, -0.2) is 35.1 Å². The van der Waals surface area contributed by atoms with Gasteiger partial charge in [-0.3, -0.25) is 14.9 Å². The minimum atomic E-state index is -0.595. The van der Waals surface area contributed by atoms with E-state index >= 15 is 0 Å².